The molecular weight excluding hydrogens is 246 g/mol. The van der Waals surface area contributed by atoms with E-state index < -0.39 is 0 Å². The first-order chi connectivity index (χ1) is 9.72. The fourth-order valence-corrected chi connectivity index (χ4v) is 3.67. The molecule has 2 N–H and O–H groups in total. The van der Waals surface area contributed by atoms with Crippen LogP contribution in [0.5, 0.6) is 0 Å². The van der Waals surface area contributed by atoms with E-state index in [4.69, 9.17) is 0 Å². The number of nitrogens with one attached hydrogen (secondary N) is 1. The van der Waals surface area contributed by atoms with Crippen LogP contribution in [0, 0.1) is 5.92 Å². The number of rotatable bonds is 4. The average Bonchev–Trinajstić information content (AvgIpc) is 2.93. The Hall–Kier alpha value is -0.860. The third kappa shape index (κ3) is 3.24. The Bertz CT molecular complexity index is 449. The van der Waals surface area contributed by atoms with Crippen molar-refractivity contribution in [1.29, 1.82) is 0 Å². The summed E-state index contributed by atoms with van der Waals surface area (Å²) in [5.74, 6) is 0.746. The zero-order chi connectivity index (χ0) is 13.9. The first-order valence-electron chi connectivity index (χ1n) is 8.25. The van der Waals surface area contributed by atoms with Gasteiger partial charge in [-0.05, 0) is 81.0 Å². The van der Waals surface area contributed by atoms with Gasteiger partial charge in [0.05, 0.1) is 6.10 Å². The lowest BCUT2D eigenvalue weighted by molar-refractivity contribution is 0.108. The van der Waals surface area contributed by atoms with E-state index >= 15 is 0 Å². The van der Waals surface area contributed by atoms with Gasteiger partial charge in [0.15, 0.2) is 0 Å². The maximum Gasteiger partial charge on any atom is 0.0540 e. The highest BCUT2D eigenvalue weighted by atomic mass is 16.3. The van der Waals surface area contributed by atoms with Crippen molar-refractivity contribution in [3.8, 4) is 0 Å². The molecule has 0 heterocycles. The fourth-order valence-electron chi connectivity index (χ4n) is 3.67. The van der Waals surface area contributed by atoms with Crippen molar-refractivity contribution < 1.29 is 5.11 Å². The number of aliphatic hydroxyl groups excluding tert-OH is 1. The highest BCUT2D eigenvalue weighted by molar-refractivity contribution is 5.36. The summed E-state index contributed by atoms with van der Waals surface area (Å²) in [6, 6.07) is 7.47. The summed E-state index contributed by atoms with van der Waals surface area (Å²) in [4.78, 5) is 0. The molecule has 110 valence electrons. The summed E-state index contributed by atoms with van der Waals surface area (Å²) in [6.07, 6.45) is 8.12. The molecule has 1 atom stereocenters. The van der Waals surface area contributed by atoms with Gasteiger partial charge in [-0.25, -0.2) is 0 Å². The van der Waals surface area contributed by atoms with Crippen molar-refractivity contribution in [2.24, 2.45) is 5.92 Å². The summed E-state index contributed by atoms with van der Waals surface area (Å²) in [7, 11) is 0. The molecule has 0 saturated heterocycles. The first-order valence-corrected chi connectivity index (χ1v) is 8.25. The van der Waals surface area contributed by atoms with Crippen molar-refractivity contribution >= 4 is 0 Å². The van der Waals surface area contributed by atoms with Crippen LogP contribution in [0.1, 0.15) is 61.8 Å². The van der Waals surface area contributed by atoms with Crippen molar-refractivity contribution in [3.05, 3.63) is 34.9 Å². The van der Waals surface area contributed by atoms with Gasteiger partial charge >= 0.3 is 0 Å². The molecule has 0 radical (unpaired) electrons. The molecule has 0 spiro atoms. The summed E-state index contributed by atoms with van der Waals surface area (Å²) in [5.41, 5.74) is 4.56. The van der Waals surface area contributed by atoms with Gasteiger partial charge in [0.25, 0.3) is 0 Å². The molecule has 0 amide bonds. The van der Waals surface area contributed by atoms with E-state index in [0.717, 1.165) is 25.3 Å². The second-order valence-electron chi connectivity index (χ2n) is 6.69. The van der Waals surface area contributed by atoms with E-state index in [2.05, 4.69) is 30.4 Å². The molecule has 2 aliphatic carbocycles. The predicted octanol–water partition coefficient (Wildman–Crippen LogP) is 3.38. The van der Waals surface area contributed by atoms with Gasteiger partial charge in [-0.2, -0.15) is 0 Å². The molecule has 2 heteroatoms. The molecule has 1 aromatic carbocycles. The number of hydrogen-bond acceptors (Lipinski definition) is 2. The second-order valence-corrected chi connectivity index (χ2v) is 6.69. The Labute approximate surface area is 122 Å². The lowest BCUT2D eigenvalue weighted by Gasteiger charge is -2.27. The van der Waals surface area contributed by atoms with E-state index in [1.165, 1.54) is 37.7 Å². The summed E-state index contributed by atoms with van der Waals surface area (Å²) in [6.45, 7) is 3.36. The molecule has 1 saturated carbocycles. The zero-order valence-corrected chi connectivity index (χ0v) is 12.6. The van der Waals surface area contributed by atoms with Crippen LogP contribution < -0.4 is 5.32 Å². The fraction of sp³-hybridized carbons (Fsp3) is 0.667. The van der Waals surface area contributed by atoms with Crippen LogP contribution in [-0.2, 0) is 12.8 Å². The van der Waals surface area contributed by atoms with E-state index in [0.29, 0.717) is 6.04 Å². The molecule has 1 fully saturated rings. The number of aryl methyl sites for hydroxylation is 2. The van der Waals surface area contributed by atoms with Crippen LogP contribution in [-0.4, -0.2) is 17.8 Å². The maximum absolute atomic E-state index is 9.55. The second kappa shape index (κ2) is 6.28. The molecule has 2 aliphatic rings. The van der Waals surface area contributed by atoms with Gasteiger partial charge in [0, 0.05) is 6.04 Å². The largest absolute Gasteiger partial charge is 0.393 e. The van der Waals surface area contributed by atoms with Crippen LogP contribution in [0.2, 0.25) is 0 Å². The average molecular weight is 273 g/mol. The minimum absolute atomic E-state index is 0.0413. The molecule has 3 rings (SSSR count). The van der Waals surface area contributed by atoms with Crippen LogP contribution in [0.4, 0.5) is 0 Å². The molecule has 0 bridgehead atoms. The molecule has 1 aromatic rings. The van der Waals surface area contributed by atoms with Crippen molar-refractivity contribution in [2.45, 2.75) is 64.0 Å². The van der Waals surface area contributed by atoms with E-state index in [1.54, 1.807) is 11.1 Å². The summed E-state index contributed by atoms with van der Waals surface area (Å²) >= 11 is 0. The van der Waals surface area contributed by atoms with Crippen molar-refractivity contribution in [2.75, 3.05) is 6.54 Å². The highest BCUT2D eigenvalue weighted by Gasteiger charge is 2.20. The SMILES string of the molecule is CC(NCC1CCC(O)CC1)c1ccc2c(c1)CCC2. The van der Waals surface area contributed by atoms with Crippen LogP contribution in [0.25, 0.3) is 0 Å². The zero-order valence-electron chi connectivity index (χ0n) is 12.6. The Kier molecular flexibility index (Phi) is 4.42. The van der Waals surface area contributed by atoms with Crippen LogP contribution >= 0.6 is 0 Å². The summed E-state index contributed by atoms with van der Waals surface area (Å²) < 4.78 is 0. The van der Waals surface area contributed by atoms with Crippen molar-refractivity contribution in [1.82, 2.24) is 5.32 Å². The maximum atomic E-state index is 9.55. The molecule has 20 heavy (non-hydrogen) atoms. The Morgan fingerprint density at radius 2 is 1.90 bits per heavy atom. The predicted molar refractivity (Wildman–Crippen MR) is 82.8 cm³/mol. The van der Waals surface area contributed by atoms with Gasteiger partial charge < -0.3 is 10.4 Å². The van der Waals surface area contributed by atoms with E-state index in [-0.39, 0.29) is 6.10 Å². The van der Waals surface area contributed by atoms with E-state index in [1.807, 2.05) is 0 Å². The minimum Gasteiger partial charge on any atom is -0.393 e. The Morgan fingerprint density at radius 3 is 2.70 bits per heavy atom. The lowest BCUT2D eigenvalue weighted by Crippen LogP contribution is -2.29. The van der Waals surface area contributed by atoms with Gasteiger partial charge in [-0.15, -0.1) is 0 Å². The molecule has 1 unspecified atom stereocenters. The Balaban J connectivity index is 1.52. The third-order valence-corrected chi connectivity index (χ3v) is 5.15. The van der Waals surface area contributed by atoms with Crippen molar-refractivity contribution in [3.63, 3.8) is 0 Å². The van der Waals surface area contributed by atoms with Gasteiger partial charge in [-0.3, -0.25) is 0 Å². The molecular formula is C18H27NO. The quantitative estimate of drug-likeness (QED) is 0.881. The monoisotopic (exact) mass is 273 g/mol. The number of hydrogen-bond donors (Lipinski definition) is 2. The van der Waals surface area contributed by atoms with Gasteiger partial charge in [-0.1, -0.05) is 18.2 Å². The smallest absolute Gasteiger partial charge is 0.0540 e. The molecule has 0 aliphatic heterocycles. The normalized spacial score (nSPS) is 27.3. The van der Waals surface area contributed by atoms with E-state index in [9.17, 15) is 5.11 Å². The number of aliphatic hydroxyl groups is 1. The standard InChI is InChI=1S/C18H27NO/c1-13(19-12-14-5-9-18(20)10-6-14)16-8-7-15-3-2-4-17(15)11-16/h7-8,11,13-14,18-20H,2-6,9-10,12H2,1H3. The lowest BCUT2D eigenvalue weighted by atomic mass is 9.87. The van der Waals surface area contributed by atoms with Crippen LogP contribution in [0.3, 0.4) is 0 Å². The number of benzene rings is 1. The van der Waals surface area contributed by atoms with Gasteiger partial charge in [0.2, 0.25) is 0 Å². The van der Waals surface area contributed by atoms with Crippen LogP contribution in [0.15, 0.2) is 18.2 Å². The molecule has 0 aromatic heterocycles. The topological polar surface area (TPSA) is 32.3 Å². The first kappa shape index (κ1) is 14.1. The molecule has 2 nitrogen and oxygen atoms in total. The third-order valence-electron chi connectivity index (χ3n) is 5.15. The van der Waals surface area contributed by atoms with Gasteiger partial charge in [0.1, 0.15) is 0 Å². The summed E-state index contributed by atoms with van der Waals surface area (Å²) in [5, 5.41) is 13.2. The highest BCUT2D eigenvalue weighted by Crippen LogP contribution is 2.27. The number of fused-ring (bicyclic) bond motifs is 1. The Morgan fingerprint density at radius 1 is 1.15 bits per heavy atom. The minimum atomic E-state index is -0.0413.